The van der Waals surface area contributed by atoms with E-state index in [4.69, 9.17) is 0 Å². The van der Waals surface area contributed by atoms with Gasteiger partial charge in [0.25, 0.3) is 0 Å². The van der Waals surface area contributed by atoms with Crippen molar-refractivity contribution in [1.82, 2.24) is 4.90 Å². The van der Waals surface area contributed by atoms with Crippen LogP contribution in [-0.4, -0.2) is 18.5 Å². The molecule has 0 amide bonds. The fourth-order valence-corrected chi connectivity index (χ4v) is 2.48. The predicted molar refractivity (Wildman–Crippen MR) is 96.7 cm³/mol. The van der Waals surface area contributed by atoms with E-state index in [1.165, 1.54) is 29.2 Å². The molecule has 114 valence electrons. The third kappa shape index (κ3) is 5.06. The molecule has 0 radical (unpaired) electrons. The van der Waals surface area contributed by atoms with Gasteiger partial charge in [-0.2, -0.15) is 0 Å². The smallest absolute Gasteiger partial charge is 0.0605 e. The summed E-state index contributed by atoms with van der Waals surface area (Å²) in [5, 5.41) is 2.64. The molecule has 0 spiro atoms. The van der Waals surface area contributed by atoms with Crippen molar-refractivity contribution >= 4 is 10.8 Å². The summed E-state index contributed by atoms with van der Waals surface area (Å²) in [7, 11) is 2.12. The van der Waals surface area contributed by atoms with Crippen molar-refractivity contribution in [3.8, 4) is 11.8 Å². The quantitative estimate of drug-likeness (QED) is 0.533. The van der Waals surface area contributed by atoms with Crippen molar-refractivity contribution in [3.63, 3.8) is 0 Å². The highest BCUT2D eigenvalue weighted by atomic mass is 15.1. The molecule has 2 rings (SSSR count). The molecule has 2 aromatic rings. The molecule has 0 bridgehead atoms. The maximum Gasteiger partial charge on any atom is 0.0605 e. The first kappa shape index (κ1) is 16.3. The zero-order valence-corrected chi connectivity index (χ0v) is 13.7. The fraction of sp³-hybridized carbons (Fsp3) is 0.333. The number of rotatable bonds is 6. The highest BCUT2D eigenvalue weighted by molar-refractivity contribution is 5.85. The summed E-state index contributed by atoms with van der Waals surface area (Å²) >= 11 is 0. The molecule has 1 nitrogen and oxygen atoms in total. The third-order valence-electron chi connectivity index (χ3n) is 3.70. The van der Waals surface area contributed by atoms with Gasteiger partial charge in [0, 0.05) is 6.54 Å². The van der Waals surface area contributed by atoms with Crippen LogP contribution in [0.3, 0.4) is 0 Å². The molecule has 0 aliphatic carbocycles. The molecule has 0 fully saturated rings. The maximum absolute atomic E-state index is 3.22. The maximum atomic E-state index is 3.22. The largest absolute Gasteiger partial charge is 0.291 e. The van der Waals surface area contributed by atoms with E-state index in [2.05, 4.69) is 79.3 Å². The van der Waals surface area contributed by atoms with Gasteiger partial charge in [-0.05, 0) is 35.9 Å². The van der Waals surface area contributed by atoms with Crippen LogP contribution in [0, 0.1) is 11.8 Å². The first-order chi connectivity index (χ1) is 10.8. The summed E-state index contributed by atoms with van der Waals surface area (Å²) in [6.07, 6.45) is 7.78. The van der Waals surface area contributed by atoms with Gasteiger partial charge < -0.3 is 0 Å². The highest BCUT2D eigenvalue weighted by Crippen LogP contribution is 2.19. The van der Waals surface area contributed by atoms with Crippen LogP contribution in [0.15, 0.2) is 54.6 Å². The van der Waals surface area contributed by atoms with Crippen molar-refractivity contribution in [2.24, 2.45) is 0 Å². The topological polar surface area (TPSA) is 3.24 Å². The Morgan fingerprint density at radius 2 is 1.91 bits per heavy atom. The van der Waals surface area contributed by atoms with Crippen molar-refractivity contribution in [2.45, 2.75) is 32.7 Å². The summed E-state index contributed by atoms with van der Waals surface area (Å²) < 4.78 is 0. The Hall–Kier alpha value is -2.04. The zero-order valence-electron chi connectivity index (χ0n) is 13.7. The van der Waals surface area contributed by atoms with E-state index in [-0.39, 0.29) is 0 Å². The summed E-state index contributed by atoms with van der Waals surface area (Å²) in [6.45, 7) is 3.93. The molecule has 1 heteroatoms. The monoisotopic (exact) mass is 291 g/mol. The number of hydrogen-bond donors (Lipinski definition) is 0. The van der Waals surface area contributed by atoms with Crippen molar-refractivity contribution in [2.75, 3.05) is 13.6 Å². The van der Waals surface area contributed by atoms with Gasteiger partial charge in [0.1, 0.15) is 0 Å². The molecule has 0 heterocycles. The van der Waals surface area contributed by atoms with E-state index in [1.807, 2.05) is 6.08 Å². The zero-order chi connectivity index (χ0) is 15.6. The minimum atomic E-state index is 0.793. The molecular weight excluding hydrogens is 266 g/mol. The van der Waals surface area contributed by atoms with E-state index in [9.17, 15) is 0 Å². The molecule has 0 aliphatic rings. The van der Waals surface area contributed by atoms with Crippen LogP contribution in [0.2, 0.25) is 0 Å². The van der Waals surface area contributed by atoms with Gasteiger partial charge in [0.15, 0.2) is 0 Å². The fourth-order valence-electron chi connectivity index (χ4n) is 2.48. The Balaban J connectivity index is 1.90. The van der Waals surface area contributed by atoms with Gasteiger partial charge in [-0.1, -0.05) is 80.1 Å². The SMILES string of the molecule is CCCC/C=C/C#CCN(C)Cc1cccc2ccccc12. The minimum Gasteiger partial charge on any atom is -0.291 e. The molecule has 0 atom stereocenters. The van der Waals surface area contributed by atoms with Gasteiger partial charge in [-0.15, -0.1) is 0 Å². The lowest BCUT2D eigenvalue weighted by molar-refractivity contribution is 0.370. The van der Waals surface area contributed by atoms with Gasteiger partial charge >= 0.3 is 0 Å². The normalized spacial score (nSPS) is 11.0. The second-order valence-corrected chi connectivity index (χ2v) is 5.68. The lowest BCUT2D eigenvalue weighted by atomic mass is 10.0. The molecule has 2 aromatic carbocycles. The highest BCUT2D eigenvalue weighted by Gasteiger charge is 2.02. The van der Waals surface area contributed by atoms with Crippen LogP contribution in [0.4, 0.5) is 0 Å². The number of unbranched alkanes of at least 4 members (excludes halogenated alkanes) is 2. The van der Waals surface area contributed by atoms with Crippen LogP contribution in [0.5, 0.6) is 0 Å². The van der Waals surface area contributed by atoms with Crippen molar-refractivity contribution in [1.29, 1.82) is 0 Å². The van der Waals surface area contributed by atoms with Crippen LogP contribution in [0.25, 0.3) is 10.8 Å². The Morgan fingerprint density at radius 3 is 2.77 bits per heavy atom. The van der Waals surface area contributed by atoms with Crippen LogP contribution in [-0.2, 0) is 6.54 Å². The standard InChI is InChI=1S/C21H25N/c1-3-4-5-6-7-8-11-17-22(2)18-20-15-12-14-19-13-9-10-16-21(19)20/h6-7,9-10,12-16H,3-5,17-18H2,1-2H3/b7-6+. The first-order valence-electron chi connectivity index (χ1n) is 8.10. The number of hydrogen-bond acceptors (Lipinski definition) is 1. The Morgan fingerprint density at radius 1 is 1.09 bits per heavy atom. The predicted octanol–water partition coefficient (Wildman–Crippen LogP) is 5.02. The lowest BCUT2D eigenvalue weighted by Gasteiger charge is -2.15. The van der Waals surface area contributed by atoms with E-state index < -0.39 is 0 Å². The molecule has 0 N–H and O–H groups in total. The van der Waals surface area contributed by atoms with E-state index >= 15 is 0 Å². The average Bonchev–Trinajstić information content (AvgIpc) is 2.54. The molecule has 0 unspecified atom stereocenters. The van der Waals surface area contributed by atoms with E-state index in [0.717, 1.165) is 19.5 Å². The summed E-state index contributed by atoms with van der Waals surface area (Å²) in [5.74, 6) is 6.35. The van der Waals surface area contributed by atoms with Crippen molar-refractivity contribution in [3.05, 3.63) is 60.2 Å². The molecule has 0 aliphatic heterocycles. The summed E-state index contributed by atoms with van der Waals surface area (Å²) in [4.78, 5) is 2.26. The van der Waals surface area contributed by atoms with Crippen LogP contribution >= 0.6 is 0 Å². The van der Waals surface area contributed by atoms with E-state index in [0.29, 0.717) is 0 Å². The molecule has 0 saturated carbocycles. The summed E-state index contributed by atoms with van der Waals surface area (Å²) in [6, 6.07) is 15.1. The molecule has 22 heavy (non-hydrogen) atoms. The lowest BCUT2D eigenvalue weighted by Crippen LogP contribution is -2.18. The number of nitrogens with zero attached hydrogens (tertiary/aromatic N) is 1. The van der Waals surface area contributed by atoms with Crippen LogP contribution < -0.4 is 0 Å². The van der Waals surface area contributed by atoms with E-state index in [1.54, 1.807) is 0 Å². The number of fused-ring (bicyclic) bond motifs is 1. The number of benzene rings is 2. The number of allylic oxidation sites excluding steroid dienone is 2. The van der Waals surface area contributed by atoms with Gasteiger partial charge in [0.2, 0.25) is 0 Å². The van der Waals surface area contributed by atoms with Gasteiger partial charge in [0.05, 0.1) is 6.54 Å². The Kier molecular flexibility index (Phi) is 6.74. The minimum absolute atomic E-state index is 0.793. The Bertz CT molecular complexity index is 668. The average molecular weight is 291 g/mol. The van der Waals surface area contributed by atoms with Gasteiger partial charge in [-0.3, -0.25) is 4.90 Å². The van der Waals surface area contributed by atoms with Crippen molar-refractivity contribution < 1.29 is 0 Å². The van der Waals surface area contributed by atoms with Gasteiger partial charge in [-0.25, -0.2) is 0 Å². The molecular formula is C21H25N. The first-order valence-corrected chi connectivity index (χ1v) is 8.10. The third-order valence-corrected chi connectivity index (χ3v) is 3.70. The second-order valence-electron chi connectivity index (χ2n) is 5.68. The Labute approximate surface area is 134 Å². The molecule has 0 aromatic heterocycles. The molecule has 0 saturated heterocycles. The van der Waals surface area contributed by atoms with Crippen LogP contribution in [0.1, 0.15) is 31.7 Å². The second kappa shape index (κ2) is 9.07. The summed E-state index contributed by atoms with van der Waals surface area (Å²) in [5.41, 5.74) is 1.36.